The molecular weight excluding hydrogens is 675 g/mol. The summed E-state index contributed by atoms with van der Waals surface area (Å²) in [7, 11) is 0. The Morgan fingerprint density at radius 3 is 0.725 bits per heavy atom. The molecule has 5 heteroatoms. The van der Waals surface area contributed by atoms with Crippen molar-refractivity contribution in [2.45, 2.75) is 219 Å². The molecular formula is C46H84CoO4. The molecule has 0 amide bonds. The van der Waals surface area contributed by atoms with Crippen molar-refractivity contribution in [2.24, 2.45) is 0 Å². The molecule has 0 unspecified atom stereocenters. The molecule has 301 valence electrons. The summed E-state index contributed by atoms with van der Waals surface area (Å²) in [6.07, 6.45) is 44.0. The normalized spacial score (nSPS) is 10.4. The Morgan fingerprint density at radius 2 is 0.510 bits per heavy atom. The summed E-state index contributed by atoms with van der Waals surface area (Å²) < 4.78 is 0. The monoisotopic (exact) mass is 760 g/mol. The van der Waals surface area contributed by atoms with Gasteiger partial charge in [-0.3, -0.25) is 0 Å². The predicted octanol–water partition coefficient (Wildman–Crippen LogP) is 14.0. The molecule has 0 heterocycles. The van der Waals surface area contributed by atoms with E-state index in [0.29, 0.717) is 11.5 Å². The van der Waals surface area contributed by atoms with Gasteiger partial charge in [-0.05, 0) is 48.9 Å². The molecule has 0 saturated heterocycles. The fourth-order valence-corrected chi connectivity index (χ4v) is 6.82. The SMILES string of the molecule is CCCCCCCCCCCCCCCCCc1ccccc1O.CCCCCCCCCCCCCCCCCc1ccccc1O.O.O.[Co]. The molecule has 0 aliphatic rings. The summed E-state index contributed by atoms with van der Waals surface area (Å²) >= 11 is 0. The summed E-state index contributed by atoms with van der Waals surface area (Å²) in [6, 6.07) is 15.5. The number of hydrogen-bond acceptors (Lipinski definition) is 2. The van der Waals surface area contributed by atoms with Crippen LogP contribution in [0.25, 0.3) is 0 Å². The van der Waals surface area contributed by atoms with E-state index in [4.69, 9.17) is 0 Å². The van der Waals surface area contributed by atoms with Crippen molar-refractivity contribution in [1.82, 2.24) is 0 Å². The summed E-state index contributed by atoms with van der Waals surface area (Å²) in [4.78, 5) is 0. The second-order valence-electron chi connectivity index (χ2n) is 14.7. The van der Waals surface area contributed by atoms with E-state index in [1.165, 1.54) is 193 Å². The molecule has 0 spiro atoms. The quantitative estimate of drug-likeness (QED) is 0.0725. The smallest absolute Gasteiger partial charge is 0.118 e. The topological polar surface area (TPSA) is 103 Å². The molecule has 0 aliphatic carbocycles. The first-order chi connectivity index (χ1) is 23.7. The number of rotatable bonds is 32. The number of phenolic OH excluding ortho intramolecular Hbond substituents is 2. The summed E-state index contributed by atoms with van der Waals surface area (Å²) in [6.45, 7) is 4.57. The van der Waals surface area contributed by atoms with E-state index in [-0.39, 0.29) is 27.7 Å². The zero-order chi connectivity index (χ0) is 34.6. The van der Waals surface area contributed by atoms with Gasteiger partial charge in [0.05, 0.1) is 0 Å². The Morgan fingerprint density at radius 1 is 0.314 bits per heavy atom. The van der Waals surface area contributed by atoms with Crippen molar-refractivity contribution in [3.63, 3.8) is 0 Å². The van der Waals surface area contributed by atoms with Crippen molar-refractivity contribution in [2.75, 3.05) is 0 Å². The molecule has 0 bridgehead atoms. The Hall–Kier alpha value is -1.53. The first kappa shape index (κ1) is 53.8. The molecule has 0 saturated carbocycles. The molecule has 1 radical (unpaired) electrons. The average molecular weight is 760 g/mol. The van der Waals surface area contributed by atoms with Crippen LogP contribution in [-0.2, 0) is 29.6 Å². The van der Waals surface area contributed by atoms with Crippen LogP contribution >= 0.6 is 0 Å². The third-order valence-electron chi connectivity index (χ3n) is 10.1. The molecule has 2 aromatic rings. The molecule has 2 rings (SSSR count). The van der Waals surface area contributed by atoms with Crippen LogP contribution in [0.3, 0.4) is 0 Å². The van der Waals surface area contributed by atoms with E-state index in [9.17, 15) is 10.2 Å². The van der Waals surface area contributed by atoms with Gasteiger partial charge in [0.2, 0.25) is 0 Å². The van der Waals surface area contributed by atoms with E-state index in [0.717, 1.165) is 24.0 Å². The van der Waals surface area contributed by atoms with Gasteiger partial charge in [-0.1, -0.05) is 230 Å². The number of benzene rings is 2. The third-order valence-corrected chi connectivity index (χ3v) is 10.1. The number of para-hydroxylation sites is 2. The zero-order valence-electron chi connectivity index (χ0n) is 33.5. The first-order valence-corrected chi connectivity index (χ1v) is 21.2. The van der Waals surface area contributed by atoms with Crippen LogP contribution in [0.4, 0.5) is 0 Å². The minimum Gasteiger partial charge on any atom is -0.508 e. The number of aryl methyl sites for hydroxylation is 2. The van der Waals surface area contributed by atoms with Gasteiger partial charge >= 0.3 is 0 Å². The van der Waals surface area contributed by atoms with Gasteiger partial charge in [0.1, 0.15) is 11.5 Å². The maximum atomic E-state index is 9.73. The molecule has 2 aromatic carbocycles. The van der Waals surface area contributed by atoms with Crippen LogP contribution in [-0.4, -0.2) is 21.2 Å². The van der Waals surface area contributed by atoms with Crippen LogP contribution < -0.4 is 0 Å². The van der Waals surface area contributed by atoms with Gasteiger partial charge < -0.3 is 21.2 Å². The number of hydrogen-bond donors (Lipinski definition) is 2. The van der Waals surface area contributed by atoms with E-state index < -0.39 is 0 Å². The van der Waals surface area contributed by atoms with Crippen molar-refractivity contribution in [3.8, 4) is 11.5 Å². The van der Waals surface area contributed by atoms with Crippen LogP contribution in [0.1, 0.15) is 218 Å². The Kier molecular flexibility index (Phi) is 45.2. The van der Waals surface area contributed by atoms with E-state index in [1.807, 2.05) is 36.4 Å². The van der Waals surface area contributed by atoms with Gasteiger partial charge in [0.15, 0.2) is 0 Å². The van der Waals surface area contributed by atoms with Crippen molar-refractivity contribution in [1.29, 1.82) is 0 Å². The fraction of sp³-hybridized carbons (Fsp3) is 0.739. The molecule has 51 heavy (non-hydrogen) atoms. The molecule has 0 aromatic heterocycles. The van der Waals surface area contributed by atoms with Gasteiger partial charge in [0.25, 0.3) is 0 Å². The maximum Gasteiger partial charge on any atom is 0.118 e. The average Bonchev–Trinajstić information content (AvgIpc) is 3.10. The Bertz CT molecular complexity index is 861. The van der Waals surface area contributed by atoms with Crippen molar-refractivity contribution >= 4 is 0 Å². The molecule has 6 N–H and O–H groups in total. The van der Waals surface area contributed by atoms with Crippen LogP contribution in [0.5, 0.6) is 11.5 Å². The van der Waals surface area contributed by atoms with Crippen molar-refractivity contribution < 1.29 is 37.9 Å². The summed E-state index contributed by atoms with van der Waals surface area (Å²) in [5.74, 6) is 0.922. The molecule has 0 fully saturated rings. The first-order valence-electron chi connectivity index (χ1n) is 21.2. The van der Waals surface area contributed by atoms with Crippen molar-refractivity contribution in [3.05, 3.63) is 59.7 Å². The summed E-state index contributed by atoms with van der Waals surface area (Å²) in [5, 5.41) is 19.5. The number of phenols is 2. The fourth-order valence-electron chi connectivity index (χ4n) is 6.82. The van der Waals surface area contributed by atoms with Crippen LogP contribution in [0.2, 0.25) is 0 Å². The second-order valence-corrected chi connectivity index (χ2v) is 14.7. The van der Waals surface area contributed by atoms with E-state index >= 15 is 0 Å². The molecule has 0 atom stereocenters. The van der Waals surface area contributed by atoms with Crippen LogP contribution in [0, 0.1) is 0 Å². The largest absolute Gasteiger partial charge is 0.508 e. The minimum absolute atomic E-state index is 0. The Balaban J connectivity index is -0.000000853. The van der Waals surface area contributed by atoms with E-state index in [1.54, 1.807) is 12.1 Å². The third kappa shape index (κ3) is 35.3. The van der Waals surface area contributed by atoms with Gasteiger partial charge in [0, 0.05) is 16.8 Å². The van der Waals surface area contributed by atoms with E-state index in [2.05, 4.69) is 13.8 Å². The van der Waals surface area contributed by atoms with Gasteiger partial charge in [-0.15, -0.1) is 0 Å². The molecule has 4 nitrogen and oxygen atoms in total. The maximum absolute atomic E-state index is 9.73. The molecule has 0 aliphatic heterocycles. The Labute approximate surface area is 327 Å². The predicted molar refractivity (Wildman–Crippen MR) is 221 cm³/mol. The number of aromatic hydroxyl groups is 2. The van der Waals surface area contributed by atoms with Crippen LogP contribution in [0.15, 0.2) is 48.5 Å². The summed E-state index contributed by atoms with van der Waals surface area (Å²) in [5.41, 5.74) is 2.21. The van der Waals surface area contributed by atoms with Gasteiger partial charge in [-0.25, -0.2) is 0 Å². The zero-order valence-corrected chi connectivity index (χ0v) is 34.5. The second kappa shape index (κ2) is 42.9. The van der Waals surface area contributed by atoms with Gasteiger partial charge in [-0.2, -0.15) is 0 Å². The minimum atomic E-state index is 0. The number of unbranched alkanes of at least 4 members (excludes halogenated alkanes) is 28. The standard InChI is InChI=1S/2C23H40O.Co.2H2O/c2*1-2-3-4-5-6-7-8-9-10-11-12-13-14-15-16-19-22-20-17-18-21-23(22)24;;;/h2*17-18,20-21,24H,2-16,19H2,1H3;;2*1H2.